The number of carboxylic acids is 1. The Morgan fingerprint density at radius 1 is 1.62 bits per heavy atom. The summed E-state index contributed by atoms with van der Waals surface area (Å²) in [4.78, 5) is 14.4. The molecule has 0 spiro atoms. The van der Waals surface area contributed by atoms with Crippen LogP contribution in [0.4, 0.5) is 0 Å². The molecule has 0 aliphatic rings. The molecular weight excluding hydrogens is 172 g/mol. The zero-order chi connectivity index (χ0) is 9.84. The minimum Gasteiger partial charge on any atom is -0.478 e. The van der Waals surface area contributed by atoms with Gasteiger partial charge in [0.15, 0.2) is 0 Å². The Morgan fingerprint density at radius 2 is 2.31 bits per heavy atom. The Bertz CT molecular complexity index is 360. The normalized spacial score (nSPS) is 11.3. The van der Waals surface area contributed by atoms with Crippen molar-refractivity contribution in [2.75, 3.05) is 0 Å². The van der Waals surface area contributed by atoms with Crippen LogP contribution in [0, 0.1) is 0 Å². The van der Waals surface area contributed by atoms with E-state index in [0.717, 1.165) is 0 Å². The number of carbonyl (C=O) groups is 1. The van der Waals surface area contributed by atoms with Gasteiger partial charge in [0.25, 0.3) is 0 Å². The summed E-state index contributed by atoms with van der Waals surface area (Å²) in [6.45, 7) is 1.54. The number of nitrogens with zero attached hydrogens (tertiary/aromatic N) is 2. The van der Waals surface area contributed by atoms with E-state index in [-0.39, 0.29) is 11.3 Å². The third-order valence-electron chi connectivity index (χ3n) is 1.53. The van der Waals surface area contributed by atoms with Gasteiger partial charge in [0, 0.05) is 6.20 Å². The fourth-order valence-electron chi connectivity index (χ4n) is 0.813. The van der Waals surface area contributed by atoms with E-state index < -0.39 is 5.97 Å². The van der Waals surface area contributed by atoms with Crippen molar-refractivity contribution in [2.24, 2.45) is 5.16 Å². The topological polar surface area (TPSA) is 82.8 Å². The molecule has 5 nitrogen and oxygen atoms in total. The zero-order valence-corrected chi connectivity index (χ0v) is 6.93. The van der Waals surface area contributed by atoms with Gasteiger partial charge in [0.2, 0.25) is 0 Å². The van der Waals surface area contributed by atoms with Crippen molar-refractivity contribution in [1.82, 2.24) is 4.98 Å². The van der Waals surface area contributed by atoms with E-state index in [4.69, 9.17) is 10.3 Å². The molecule has 0 fully saturated rings. The van der Waals surface area contributed by atoms with E-state index in [1.807, 2.05) is 0 Å². The number of hydrogen-bond acceptors (Lipinski definition) is 4. The van der Waals surface area contributed by atoms with Crippen LogP contribution in [0.15, 0.2) is 23.5 Å². The largest absolute Gasteiger partial charge is 0.478 e. The Kier molecular flexibility index (Phi) is 2.59. The third-order valence-corrected chi connectivity index (χ3v) is 1.53. The smallest absolute Gasteiger partial charge is 0.335 e. The number of hydrogen-bond donors (Lipinski definition) is 2. The predicted molar refractivity (Wildman–Crippen MR) is 45.2 cm³/mol. The molecule has 1 heterocycles. The maximum Gasteiger partial charge on any atom is 0.335 e. The summed E-state index contributed by atoms with van der Waals surface area (Å²) in [5.74, 6) is -1.03. The molecule has 5 heteroatoms. The summed E-state index contributed by atoms with van der Waals surface area (Å²) >= 11 is 0. The first-order valence-electron chi connectivity index (χ1n) is 3.53. The maximum absolute atomic E-state index is 10.5. The number of pyridine rings is 1. The van der Waals surface area contributed by atoms with Gasteiger partial charge in [0.1, 0.15) is 5.71 Å². The highest BCUT2D eigenvalue weighted by molar-refractivity contribution is 5.98. The zero-order valence-electron chi connectivity index (χ0n) is 6.93. The van der Waals surface area contributed by atoms with E-state index >= 15 is 0 Å². The summed E-state index contributed by atoms with van der Waals surface area (Å²) in [6, 6.07) is 2.72. The monoisotopic (exact) mass is 180 g/mol. The molecule has 0 aliphatic carbocycles. The average molecular weight is 180 g/mol. The molecule has 0 aliphatic heterocycles. The molecule has 0 atom stereocenters. The predicted octanol–water partition coefficient (Wildman–Crippen LogP) is 0.978. The first kappa shape index (κ1) is 9.18. The Balaban J connectivity index is 3.13. The van der Waals surface area contributed by atoms with Crippen molar-refractivity contribution < 1.29 is 15.1 Å². The van der Waals surface area contributed by atoms with Crippen LogP contribution in [-0.4, -0.2) is 27.0 Å². The van der Waals surface area contributed by atoms with E-state index in [2.05, 4.69) is 10.1 Å². The molecule has 0 saturated heterocycles. The number of oxime groups is 1. The average Bonchev–Trinajstić information content (AvgIpc) is 2.17. The summed E-state index contributed by atoms with van der Waals surface area (Å²) < 4.78 is 0. The second-order valence-electron chi connectivity index (χ2n) is 2.42. The van der Waals surface area contributed by atoms with Crippen LogP contribution in [0.2, 0.25) is 0 Å². The molecule has 0 amide bonds. The fourth-order valence-corrected chi connectivity index (χ4v) is 0.813. The fraction of sp³-hybridized carbons (Fsp3) is 0.125. The van der Waals surface area contributed by atoms with Crippen LogP contribution in [-0.2, 0) is 0 Å². The van der Waals surface area contributed by atoms with Crippen molar-refractivity contribution in [2.45, 2.75) is 6.92 Å². The maximum atomic E-state index is 10.5. The highest BCUT2D eigenvalue weighted by atomic mass is 16.4. The van der Waals surface area contributed by atoms with Gasteiger partial charge >= 0.3 is 5.97 Å². The molecule has 1 rings (SSSR count). The van der Waals surface area contributed by atoms with Crippen LogP contribution in [0.3, 0.4) is 0 Å². The van der Waals surface area contributed by atoms with E-state index in [9.17, 15) is 4.79 Å². The van der Waals surface area contributed by atoms with Gasteiger partial charge in [-0.3, -0.25) is 4.98 Å². The van der Waals surface area contributed by atoms with Crippen molar-refractivity contribution in [3.63, 3.8) is 0 Å². The SMILES string of the molecule is C/C(=N\O)c1cc(C(=O)O)ccn1. The molecule has 0 unspecified atom stereocenters. The lowest BCUT2D eigenvalue weighted by molar-refractivity contribution is 0.0696. The quantitative estimate of drug-likeness (QED) is 0.403. The van der Waals surface area contributed by atoms with Crippen LogP contribution >= 0.6 is 0 Å². The molecule has 0 radical (unpaired) electrons. The summed E-state index contributed by atoms with van der Waals surface area (Å²) in [5.41, 5.74) is 0.749. The minimum absolute atomic E-state index is 0.119. The molecule has 1 aromatic rings. The van der Waals surface area contributed by atoms with Crippen LogP contribution < -0.4 is 0 Å². The number of rotatable bonds is 2. The molecule has 0 aromatic carbocycles. The first-order valence-corrected chi connectivity index (χ1v) is 3.53. The first-order chi connectivity index (χ1) is 6.15. The van der Waals surface area contributed by atoms with Gasteiger partial charge in [-0.25, -0.2) is 4.79 Å². The third kappa shape index (κ3) is 2.02. The Hall–Kier alpha value is -1.91. The van der Waals surface area contributed by atoms with Crippen molar-refractivity contribution >= 4 is 11.7 Å². The summed E-state index contributed by atoms with van der Waals surface area (Å²) in [6.07, 6.45) is 1.35. The molecule has 0 bridgehead atoms. The van der Waals surface area contributed by atoms with Gasteiger partial charge in [-0.1, -0.05) is 5.16 Å². The Morgan fingerprint density at radius 3 is 2.85 bits per heavy atom. The molecular formula is C8H8N2O3. The highest BCUT2D eigenvalue weighted by Crippen LogP contribution is 2.02. The van der Waals surface area contributed by atoms with Crippen molar-refractivity contribution in [3.05, 3.63) is 29.6 Å². The molecule has 2 N–H and O–H groups in total. The lowest BCUT2D eigenvalue weighted by atomic mass is 10.2. The molecule has 0 saturated carbocycles. The minimum atomic E-state index is -1.03. The van der Waals surface area contributed by atoms with E-state index in [1.165, 1.54) is 25.3 Å². The van der Waals surface area contributed by atoms with Gasteiger partial charge in [-0.05, 0) is 19.1 Å². The van der Waals surface area contributed by atoms with Crippen LogP contribution in [0.25, 0.3) is 0 Å². The van der Waals surface area contributed by atoms with Gasteiger partial charge in [-0.2, -0.15) is 0 Å². The second-order valence-corrected chi connectivity index (χ2v) is 2.42. The van der Waals surface area contributed by atoms with Gasteiger partial charge in [0.05, 0.1) is 11.3 Å². The second kappa shape index (κ2) is 3.66. The summed E-state index contributed by atoms with van der Waals surface area (Å²) in [7, 11) is 0. The van der Waals surface area contributed by atoms with Crippen molar-refractivity contribution in [1.29, 1.82) is 0 Å². The Labute approximate surface area is 74.3 Å². The standard InChI is InChI=1S/C8H8N2O3/c1-5(10-13)7-4-6(8(11)12)2-3-9-7/h2-4,13H,1H3,(H,11,12)/b10-5+. The van der Waals surface area contributed by atoms with Gasteiger partial charge in [-0.15, -0.1) is 0 Å². The van der Waals surface area contributed by atoms with Crippen molar-refractivity contribution in [3.8, 4) is 0 Å². The lowest BCUT2D eigenvalue weighted by Gasteiger charge is -1.98. The number of aromatic carboxylic acids is 1. The van der Waals surface area contributed by atoms with E-state index in [1.54, 1.807) is 0 Å². The molecule has 1 aromatic heterocycles. The summed E-state index contributed by atoms with van der Waals surface area (Å²) in [5, 5.41) is 20.0. The number of aromatic nitrogens is 1. The number of carboxylic acid groups (broad SMARTS) is 1. The van der Waals surface area contributed by atoms with Crippen LogP contribution in [0.5, 0.6) is 0 Å². The molecule has 68 valence electrons. The van der Waals surface area contributed by atoms with Crippen LogP contribution in [0.1, 0.15) is 23.0 Å². The van der Waals surface area contributed by atoms with Gasteiger partial charge < -0.3 is 10.3 Å². The van der Waals surface area contributed by atoms with E-state index in [0.29, 0.717) is 5.69 Å². The molecule has 13 heavy (non-hydrogen) atoms. The highest BCUT2D eigenvalue weighted by Gasteiger charge is 2.05. The lowest BCUT2D eigenvalue weighted by Crippen LogP contribution is -2.03.